The Morgan fingerprint density at radius 2 is 1.59 bits per heavy atom. The second-order valence-corrected chi connectivity index (χ2v) is 9.38. The summed E-state index contributed by atoms with van der Waals surface area (Å²) < 4.78 is 0. The number of H-pyrrole nitrogens is 2. The van der Waals surface area contributed by atoms with Crippen molar-refractivity contribution in [2.24, 2.45) is 0 Å². The number of pyridine rings is 4. The van der Waals surface area contributed by atoms with Crippen LogP contribution in [0.4, 0.5) is 0 Å². The van der Waals surface area contributed by atoms with Crippen LogP contribution < -0.4 is 5.32 Å². The van der Waals surface area contributed by atoms with E-state index in [2.05, 4.69) is 82.9 Å². The van der Waals surface area contributed by atoms with Gasteiger partial charge in [-0.05, 0) is 47.5 Å². The Hall–Kier alpha value is -5.21. The molecule has 1 aromatic carbocycles. The molecule has 188 valence electrons. The number of nitrogens with one attached hydrogen (secondary N) is 3. The van der Waals surface area contributed by atoms with E-state index >= 15 is 0 Å². The molecule has 39 heavy (non-hydrogen) atoms. The van der Waals surface area contributed by atoms with Crippen molar-refractivity contribution in [2.45, 2.75) is 13.1 Å². The highest BCUT2D eigenvalue weighted by atomic mass is 15.1. The van der Waals surface area contributed by atoms with Crippen LogP contribution in [0.5, 0.6) is 0 Å². The first-order chi connectivity index (χ1) is 19.3. The van der Waals surface area contributed by atoms with Gasteiger partial charge in [-0.2, -0.15) is 5.10 Å². The van der Waals surface area contributed by atoms with Gasteiger partial charge in [0.15, 0.2) is 0 Å². The number of hydrogen-bond acceptors (Lipinski definition) is 6. The summed E-state index contributed by atoms with van der Waals surface area (Å²) in [4.78, 5) is 21.7. The van der Waals surface area contributed by atoms with Crippen LogP contribution in [0, 0.1) is 0 Å². The van der Waals surface area contributed by atoms with Gasteiger partial charge in [0, 0.05) is 59.8 Å². The van der Waals surface area contributed by atoms with Gasteiger partial charge in [-0.25, -0.2) is 4.98 Å². The zero-order chi connectivity index (χ0) is 26.0. The molecule has 0 saturated heterocycles. The minimum Gasteiger partial charge on any atom is -0.338 e. The van der Waals surface area contributed by atoms with Crippen molar-refractivity contribution in [3.05, 3.63) is 115 Å². The van der Waals surface area contributed by atoms with E-state index in [0.717, 1.165) is 74.5 Å². The standard InChI is InChI=1S/C31H24N8/c1-2-6-20(7-3-1)15-32-16-21-12-22(18-33-17-21)27-14-25-29(19-36-27)38-39-30(25)28-13-24-23(9-11-35-31(24)37-28)26-8-4-5-10-34-26/h1-14,17-19,32H,15-16H2,(H,35,37)(H,38,39). The quantitative estimate of drug-likeness (QED) is 0.247. The summed E-state index contributed by atoms with van der Waals surface area (Å²) in [5.74, 6) is 0. The second kappa shape index (κ2) is 9.92. The molecule has 8 heteroatoms. The van der Waals surface area contributed by atoms with Gasteiger partial charge in [0.05, 0.1) is 28.8 Å². The van der Waals surface area contributed by atoms with Crippen molar-refractivity contribution in [3.63, 3.8) is 0 Å². The summed E-state index contributed by atoms with van der Waals surface area (Å²) in [6.07, 6.45) is 9.16. The lowest BCUT2D eigenvalue weighted by atomic mass is 10.1. The topological polar surface area (TPSA) is 108 Å². The fourth-order valence-electron chi connectivity index (χ4n) is 4.85. The molecule has 0 amide bonds. The molecule has 0 aliphatic carbocycles. The van der Waals surface area contributed by atoms with Crippen LogP contribution in [0.15, 0.2) is 104 Å². The van der Waals surface area contributed by atoms with E-state index in [1.165, 1.54) is 5.56 Å². The Kier molecular flexibility index (Phi) is 5.84. The van der Waals surface area contributed by atoms with Crippen LogP contribution in [0.3, 0.4) is 0 Å². The Labute approximate surface area is 224 Å². The van der Waals surface area contributed by atoms with E-state index in [1.54, 1.807) is 12.4 Å². The molecule has 8 nitrogen and oxygen atoms in total. The maximum Gasteiger partial charge on any atom is 0.138 e. The monoisotopic (exact) mass is 508 g/mol. The molecule has 6 aromatic heterocycles. The zero-order valence-electron chi connectivity index (χ0n) is 21.0. The maximum atomic E-state index is 4.69. The molecule has 0 unspecified atom stereocenters. The molecule has 0 atom stereocenters. The summed E-state index contributed by atoms with van der Waals surface area (Å²) >= 11 is 0. The van der Waals surface area contributed by atoms with Gasteiger partial charge in [0.25, 0.3) is 0 Å². The van der Waals surface area contributed by atoms with E-state index < -0.39 is 0 Å². The van der Waals surface area contributed by atoms with Crippen molar-refractivity contribution in [2.75, 3.05) is 0 Å². The van der Waals surface area contributed by atoms with Gasteiger partial charge >= 0.3 is 0 Å². The number of rotatable bonds is 7. The van der Waals surface area contributed by atoms with Crippen LogP contribution in [0.2, 0.25) is 0 Å². The van der Waals surface area contributed by atoms with Gasteiger partial charge in [-0.3, -0.25) is 20.1 Å². The molecule has 7 aromatic rings. The van der Waals surface area contributed by atoms with E-state index in [-0.39, 0.29) is 0 Å². The molecular formula is C31H24N8. The number of fused-ring (bicyclic) bond motifs is 2. The van der Waals surface area contributed by atoms with E-state index in [0.29, 0.717) is 0 Å². The van der Waals surface area contributed by atoms with Crippen molar-refractivity contribution >= 4 is 21.9 Å². The average Bonchev–Trinajstić information content (AvgIpc) is 3.62. The SMILES string of the molecule is c1ccc(CNCc2cncc(-c3cc4c(-c5cc6c(-c7ccccn7)ccnc6[nH]5)n[nH]c4cn3)c2)cc1. The first-order valence-corrected chi connectivity index (χ1v) is 12.7. The first-order valence-electron chi connectivity index (χ1n) is 12.7. The molecule has 0 aliphatic heterocycles. The Morgan fingerprint density at radius 1 is 0.692 bits per heavy atom. The molecule has 3 N–H and O–H groups in total. The Bertz CT molecular complexity index is 1890. The number of aromatic amines is 2. The van der Waals surface area contributed by atoms with Gasteiger partial charge < -0.3 is 10.3 Å². The van der Waals surface area contributed by atoms with E-state index in [9.17, 15) is 0 Å². The molecule has 0 aliphatic rings. The summed E-state index contributed by atoms with van der Waals surface area (Å²) in [5, 5.41) is 13.2. The fourth-order valence-corrected chi connectivity index (χ4v) is 4.85. The Morgan fingerprint density at radius 3 is 2.49 bits per heavy atom. The highest BCUT2D eigenvalue weighted by molar-refractivity contribution is 5.99. The third-order valence-electron chi connectivity index (χ3n) is 6.77. The van der Waals surface area contributed by atoms with Crippen LogP contribution >= 0.6 is 0 Å². The summed E-state index contributed by atoms with van der Waals surface area (Å²) in [6, 6.07) is 24.5. The maximum absolute atomic E-state index is 4.69. The molecule has 6 heterocycles. The molecular weight excluding hydrogens is 484 g/mol. The van der Waals surface area contributed by atoms with E-state index in [1.807, 2.05) is 48.9 Å². The van der Waals surface area contributed by atoms with Gasteiger partial charge in [-0.15, -0.1) is 0 Å². The number of aromatic nitrogens is 7. The van der Waals surface area contributed by atoms with Crippen molar-refractivity contribution < 1.29 is 0 Å². The van der Waals surface area contributed by atoms with Crippen LogP contribution in [-0.4, -0.2) is 35.1 Å². The number of hydrogen-bond donors (Lipinski definition) is 3. The minimum absolute atomic E-state index is 0.718. The number of benzene rings is 1. The third kappa shape index (κ3) is 4.54. The highest BCUT2D eigenvalue weighted by Gasteiger charge is 2.16. The largest absolute Gasteiger partial charge is 0.338 e. The van der Waals surface area contributed by atoms with Gasteiger partial charge in [0.1, 0.15) is 11.3 Å². The molecule has 0 radical (unpaired) electrons. The lowest BCUT2D eigenvalue weighted by Gasteiger charge is -2.07. The molecule has 0 saturated carbocycles. The molecule has 0 spiro atoms. The summed E-state index contributed by atoms with van der Waals surface area (Å²) in [5.41, 5.74) is 9.41. The zero-order valence-corrected chi connectivity index (χ0v) is 21.0. The fraction of sp³-hybridized carbons (Fsp3) is 0.0645. The van der Waals surface area contributed by atoms with Crippen molar-refractivity contribution in [3.8, 4) is 33.9 Å². The Balaban J connectivity index is 1.20. The number of nitrogens with zero attached hydrogens (tertiary/aromatic N) is 5. The van der Waals surface area contributed by atoms with E-state index in [4.69, 9.17) is 0 Å². The average molecular weight is 509 g/mol. The molecule has 7 rings (SSSR count). The molecule has 0 bridgehead atoms. The summed E-state index contributed by atoms with van der Waals surface area (Å²) in [7, 11) is 0. The molecule has 0 fully saturated rings. The smallest absolute Gasteiger partial charge is 0.138 e. The minimum atomic E-state index is 0.718. The normalized spacial score (nSPS) is 11.4. The van der Waals surface area contributed by atoms with Crippen LogP contribution in [0.25, 0.3) is 55.8 Å². The predicted octanol–water partition coefficient (Wildman–Crippen LogP) is 5.92. The van der Waals surface area contributed by atoms with Crippen molar-refractivity contribution in [1.29, 1.82) is 0 Å². The van der Waals surface area contributed by atoms with Gasteiger partial charge in [0.2, 0.25) is 0 Å². The third-order valence-corrected chi connectivity index (χ3v) is 6.77. The lowest BCUT2D eigenvalue weighted by Crippen LogP contribution is -2.12. The highest BCUT2D eigenvalue weighted by Crippen LogP contribution is 2.33. The van der Waals surface area contributed by atoms with Crippen LogP contribution in [0.1, 0.15) is 11.1 Å². The lowest BCUT2D eigenvalue weighted by molar-refractivity contribution is 0.691. The van der Waals surface area contributed by atoms with Crippen LogP contribution in [-0.2, 0) is 13.1 Å². The predicted molar refractivity (Wildman–Crippen MR) is 152 cm³/mol. The summed E-state index contributed by atoms with van der Waals surface area (Å²) in [6.45, 7) is 1.52. The second-order valence-electron chi connectivity index (χ2n) is 9.38. The first kappa shape index (κ1) is 22.9. The van der Waals surface area contributed by atoms with Crippen molar-refractivity contribution in [1.82, 2.24) is 40.4 Å². The van der Waals surface area contributed by atoms with Gasteiger partial charge in [-0.1, -0.05) is 36.4 Å².